The molecular weight excluding hydrogens is 186 g/mol. The molecule has 0 amide bonds. The molecule has 0 atom stereocenters. The van der Waals surface area contributed by atoms with Crippen molar-refractivity contribution < 1.29 is 5.11 Å². The monoisotopic (exact) mass is 193 g/mol. The smallest absolute Gasteiger partial charge is 0.258 e. The molecule has 66 valence electrons. The van der Waals surface area contributed by atoms with Gasteiger partial charge in [0.05, 0.1) is 4.88 Å². The van der Waals surface area contributed by atoms with E-state index in [0.717, 1.165) is 10.4 Å². The Labute approximate surface area is 78.4 Å². The van der Waals surface area contributed by atoms with Crippen LogP contribution in [-0.2, 0) is 0 Å². The fourth-order valence-electron chi connectivity index (χ4n) is 1.05. The van der Waals surface area contributed by atoms with Crippen molar-refractivity contribution in [3.63, 3.8) is 0 Å². The minimum atomic E-state index is -0.0897. The number of phenols is 1. The zero-order valence-electron chi connectivity index (χ0n) is 6.65. The highest BCUT2D eigenvalue weighted by Gasteiger charge is 2.00. The van der Waals surface area contributed by atoms with Gasteiger partial charge in [0, 0.05) is 6.07 Å². The number of aromatic amines is 1. The summed E-state index contributed by atoms with van der Waals surface area (Å²) in [5, 5.41) is 9.04. The molecule has 0 aliphatic rings. The van der Waals surface area contributed by atoms with Crippen LogP contribution in [0.3, 0.4) is 0 Å². The van der Waals surface area contributed by atoms with Crippen LogP contribution in [0, 0.1) is 0 Å². The minimum absolute atomic E-state index is 0.0897. The Morgan fingerprint density at radius 1 is 1.23 bits per heavy atom. The molecule has 2 aromatic rings. The van der Waals surface area contributed by atoms with Gasteiger partial charge in [0.2, 0.25) is 0 Å². The summed E-state index contributed by atoms with van der Waals surface area (Å²) in [6, 6.07) is 8.28. The van der Waals surface area contributed by atoms with Gasteiger partial charge >= 0.3 is 0 Å². The van der Waals surface area contributed by atoms with E-state index in [-0.39, 0.29) is 11.3 Å². The molecule has 0 saturated carbocycles. The van der Waals surface area contributed by atoms with Crippen molar-refractivity contribution in [3.05, 3.63) is 40.7 Å². The number of nitrogens with one attached hydrogen (secondary N) is 1. The van der Waals surface area contributed by atoms with Crippen LogP contribution in [0.15, 0.2) is 35.1 Å². The minimum Gasteiger partial charge on any atom is -0.508 e. The van der Waals surface area contributed by atoms with Crippen LogP contribution in [0.5, 0.6) is 5.75 Å². The lowest BCUT2D eigenvalue weighted by Gasteiger charge is -1.95. The number of rotatable bonds is 1. The van der Waals surface area contributed by atoms with Gasteiger partial charge in [0.25, 0.3) is 5.56 Å². The average molecular weight is 193 g/mol. The van der Waals surface area contributed by atoms with Crippen molar-refractivity contribution >= 4 is 11.5 Å². The first-order valence-corrected chi connectivity index (χ1v) is 4.55. The van der Waals surface area contributed by atoms with E-state index in [1.54, 1.807) is 24.3 Å². The first-order valence-electron chi connectivity index (χ1n) is 3.73. The molecule has 1 heterocycles. The molecule has 3 nitrogen and oxygen atoms in total. The Morgan fingerprint density at radius 2 is 1.92 bits per heavy atom. The molecule has 0 aliphatic carbocycles. The van der Waals surface area contributed by atoms with Gasteiger partial charge in [-0.2, -0.15) is 0 Å². The van der Waals surface area contributed by atoms with E-state index >= 15 is 0 Å². The zero-order chi connectivity index (χ0) is 9.26. The van der Waals surface area contributed by atoms with Crippen LogP contribution in [0.4, 0.5) is 0 Å². The van der Waals surface area contributed by atoms with Crippen molar-refractivity contribution in [2.45, 2.75) is 0 Å². The van der Waals surface area contributed by atoms with Gasteiger partial charge in [-0.3, -0.25) is 9.17 Å². The van der Waals surface area contributed by atoms with Crippen molar-refractivity contribution in [1.29, 1.82) is 0 Å². The van der Waals surface area contributed by atoms with Gasteiger partial charge in [0.15, 0.2) is 0 Å². The molecule has 0 fully saturated rings. The van der Waals surface area contributed by atoms with Crippen LogP contribution in [-0.4, -0.2) is 9.48 Å². The molecule has 0 saturated heterocycles. The van der Waals surface area contributed by atoms with Gasteiger partial charge in [-0.25, -0.2) is 0 Å². The second kappa shape index (κ2) is 3.06. The summed E-state index contributed by atoms with van der Waals surface area (Å²) >= 11 is 1.29. The Hall–Kier alpha value is -1.55. The largest absolute Gasteiger partial charge is 0.508 e. The van der Waals surface area contributed by atoms with E-state index < -0.39 is 0 Å². The number of aromatic hydroxyl groups is 1. The first kappa shape index (κ1) is 8.07. The highest BCUT2D eigenvalue weighted by molar-refractivity contribution is 7.09. The molecule has 2 rings (SSSR count). The normalized spacial score (nSPS) is 10.2. The Balaban J connectivity index is 2.47. The van der Waals surface area contributed by atoms with E-state index in [0.29, 0.717) is 0 Å². The maximum absolute atomic E-state index is 10.8. The van der Waals surface area contributed by atoms with Gasteiger partial charge in [-0.1, -0.05) is 11.5 Å². The Kier molecular flexibility index (Phi) is 1.90. The van der Waals surface area contributed by atoms with Crippen molar-refractivity contribution in [2.24, 2.45) is 0 Å². The number of aromatic nitrogens is 1. The summed E-state index contributed by atoms with van der Waals surface area (Å²) in [4.78, 5) is 11.7. The maximum Gasteiger partial charge on any atom is 0.258 e. The summed E-state index contributed by atoms with van der Waals surface area (Å²) in [7, 11) is 0. The molecule has 0 unspecified atom stereocenters. The van der Waals surface area contributed by atoms with Crippen molar-refractivity contribution in [1.82, 2.24) is 4.37 Å². The average Bonchev–Trinajstić information content (AvgIpc) is 2.53. The topological polar surface area (TPSA) is 53.1 Å². The summed E-state index contributed by atoms with van der Waals surface area (Å²) in [5.41, 5.74) is 0.842. The van der Waals surface area contributed by atoms with E-state index in [1.165, 1.54) is 17.6 Å². The van der Waals surface area contributed by atoms with Crippen LogP contribution in [0.1, 0.15) is 0 Å². The standard InChI is InChI=1S/C9H7NO2S/c11-7-3-1-6(2-4-7)8-5-9(12)10-13-8/h1-5,11H,(H,10,12). The van der Waals surface area contributed by atoms with Crippen LogP contribution < -0.4 is 5.56 Å². The van der Waals surface area contributed by atoms with Gasteiger partial charge < -0.3 is 5.11 Å². The summed E-state index contributed by atoms with van der Waals surface area (Å²) in [6.45, 7) is 0. The highest BCUT2D eigenvalue weighted by Crippen LogP contribution is 2.22. The van der Waals surface area contributed by atoms with E-state index in [9.17, 15) is 4.79 Å². The second-order valence-corrected chi connectivity index (χ2v) is 3.47. The lowest BCUT2D eigenvalue weighted by atomic mass is 10.2. The van der Waals surface area contributed by atoms with E-state index in [2.05, 4.69) is 4.37 Å². The lowest BCUT2D eigenvalue weighted by molar-refractivity contribution is 0.475. The number of hydrogen-bond donors (Lipinski definition) is 2. The molecule has 0 radical (unpaired) electrons. The molecule has 0 bridgehead atoms. The summed E-state index contributed by atoms with van der Waals surface area (Å²) in [5.74, 6) is 0.228. The van der Waals surface area contributed by atoms with Crippen LogP contribution in [0.2, 0.25) is 0 Å². The molecule has 0 aliphatic heterocycles. The quantitative estimate of drug-likeness (QED) is 0.725. The summed E-state index contributed by atoms with van der Waals surface area (Å²) in [6.07, 6.45) is 0. The third-order valence-corrected chi connectivity index (χ3v) is 2.55. The first-order chi connectivity index (χ1) is 6.25. The maximum atomic E-state index is 10.8. The third-order valence-electron chi connectivity index (χ3n) is 1.68. The predicted molar refractivity (Wildman–Crippen MR) is 52.0 cm³/mol. The number of phenolic OH excluding ortho intramolecular Hbond substituents is 1. The number of benzene rings is 1. The predicted octanol–water partition coefficient (Wildman–Crippen LogP) is 1.81. The fraction of sp³-hybridized carbons (Fsp3) is 0. The molecular formula is C9H7NO2S. The Morgan fingerprint density at radius 3 is 2.46 bits per heavy atom. The molecule has 1 aromatic carbocycles. The van der Waals surface area contributed by atoms with Crippen molar-refractivity contribution in [3.8, 4) is 16.2 Å². The zero-order valence-corrected chi connectivity index (χ0v) is 7.47. The Bertz CT molecular complexity index is 455. The SMILES string of the molecule is O=c1cc(-c2ccc(O)cc2)s[nH]1. The van der Waals surface area contributed by atoms with E-state index in [1.807, 2.05) is 0 Å². The van der Waals surface area contributed by atoms with Gasteiger partial charge in [0.1, 0.15) is 5.75 Å². The third kappa shape index (κ3) is 1.62. The second-order valence-electron chi connectivity index (χ2n) is 2.62. The van der Waals surface area contributed by atoms with Crippen LogP contribution in [0.25, 0.3) is 10.4 Å². The van der Waals surface area contributed by atoms with Gasteiger partial charge in [-0.05, 0) is 29.8 Å². The molecule has 13 heavy (non-hydrogen) atoms. The fourth-order valence-corrected chi connectivity index (χ4v) is 1.74. The van der Waals surface area contributed by atoms with Crippen LogP contribution >= 0.6 is 11.5 Å². The van der Waals surface area contributed by atoms with Gasteiger partial charge in [-0.15, -0.1) is 0 Å². The molecule has 1 aromatic heterocycles. The van der Waals surface area contributed by atoms with Crippen molar-refractivity contribution in [2.75, 3.05) is 0 Å². The number of H-pyrrole nitrogens is 1. The lowest BCUT2D eigenvalue weighted by Crippen LogP contribution is -1.91. The molecule has 0 spiro atoms. The molecule has 2 N–H and O–H groups in total. The van der Waals surface area contributed by atoms with E-state index in [4.69, 9.17) is 5.11 Å². The molecule has 4 heteroatoms. The highest BCUT2D eigenvalue weighted by atomic mass is 32.1. The summed E-state index contributed by atoms with van der Waals surface area (Å²) < 4.78 is 2.61. The number of hydrogen-bond acceptors (Lipinski definition) is 3.